The normalized spacial score (nSPS) is 11.5. The molecule has 0 aliphatic carbocycles. The van der Waals surface area contributed by atoms with Gasteiger partial charge in [-0.05, 0) is 37.1 Å². The van der Waals surface area contributed by atoms with Crippen LogP contribution in [0.5, 0.6) is 11.5 Å². The zero-order valence-corrected chi connectivity index (χ0v) is 16.0. The van der Waals surface area contributed by atoms with Gasteiger partial charge in [0.1, 0.15) is 11.5 Å². The van der Waals surface area contributed by atoms with Crippen molar-refractivity contribution in [2.45, 2.75) is 32.9 Å². The van der Waals surface area contributed by atoms with E-state index < -0.39 is 0 Å². The largest absolute Gasteiger partial charge is 0.497 e. The van der Waals surface area contributed by atoms with Gasteiger partial charge >= 0.3 is 6.03 Å². The van der Waals surface area contributed by atoms with E-state index in [1.54, 1.807) is 14.2 Å². The lowest BCUT2D eigenvalue weighted by Crippen LogP contribution is -2.41. The number of carbonyl (C=O) groups excluding carboxylic acids is 1. The summed E-state index contributed by atoms with van der Waals surface area (Å²) in [5, 5.41) is 3.08. The number of nitrogens with zero attached hydrogens (tertiary/aromatic N) is 1. The fourth-order valence-electron chi connectivity index (χ4n) is 2.86. The third-order valence-electron chi connectivity index (χ3n) is 4.24. The van der Waals surface area contributed by atoms with Gasteiger partial charge in [0.05, 0.1) is 20.3 Å². The maximum absolute atomic E-state index is 12.8. The third-order valence-corrected chi connectivity index (χ3v) is 4.24. The van der Waals surface area contributed by atoms with E-state index >= 15 is 0 Å². The summed E-state index contributed by atoms with van der Waals surface area (Å²) in [6, 6.07) is 15.3. The highest BCUT2D eigenvalue weighted by Gasteiger charge is 2.19. The molecule has 0 spiro atoms. The predicted molar refractivity (Wildman–Crippen MR) is 104 cm³/mol. The van der Waals surface area contributed by atoms with E-state index in [1.807, 2.05) is 60.4 Å². The fraction of sp³-hybridized carbons (Fsp3) is 0.381. The maximum Gasteiger partial charge on any atom is 0.318 e. The molecular formula is C21H28N2O3. The molecule has 0 bridgehead atoms. The Morgan fingerprint density at radius 1 is 1.12 bits per heavy atom. The summed E-state index contributed by atoms with van der Waals surface area (Å²) >= 11 is 0. The van der Waals surface area contributed by atoms with Gasteiger partial charge in [-0.1, -0.05) is 37.3 Å². The predicted octanol–water partition coefficient (Wildman–Crippen LogP) is 4.39. The Morgan fingerprint density at radius 2 is 1.85 bits per heavy atom. The number of amides is 2. The zero-order chi connectivity index (χ0) is 18.9. The molecule has 0 saturated heterocycles. The number of urea groups is 1. The minimum Gasteiger partial charge on any atom is -0.497 e. The van der Waals surface area contributed by atoms with Crippen LogP contribution in [0.1, 0.15) is 37.4 Å². The molecule has 1 unspecified atom stereocenters. The summed E-state index contributed by atoms with van der Waals surface area (Å²) in [5.41, 5.74) is 2.00. The summed E-state index contributed by atoms with van der Waals surface area (Å²) in [4.78, 5) is 14.6. The van der Waals surface area contributed by atoms with Gasteiger partial charge in [0.15, 0.2) is 0 Å². The van der Waals surface area contributed by atoms with E-state index in [2.05, 4.69) is 12.2 Å². The molecule has 2 aromatic carbocycles. The molecule has 2 amide bonds. The van der Waals surface area contributed by atoms with Crippen molar-refractivity contribution in [1.82, 2.24) is 10.2 Å². The van der Waals surface area contributed by atoms with Gasteiger partial charge in [-0.2, -0.15) is 0 Å². The van der Waals surface area contributed by atoms with Gasteiger partial charge in [0.25, 0.3) is 0 Å². The summed E-state index contributed by atoms with van der Waals surface area (Å²) < 4.78 is 10.7. The second-order valence-corrected chi connectivity index (χ2v) is 6.19. The monoisotopic (exact) mass is 356 g/mol. The molecule has 2 rings (SSSR count). The Balaban J connectivity index is 2.12. The molecule has 0 saturated carbocycles. The first-order valence-electron chi connectivity index (χ1n) is 8.90. The van der Waals surface area contributed by atoms with Crippen LogP contribution >= 0.6 is 0 Å². The number of benzene rings is 2. The first kappa shape index (κ1) is 19.6. The molecule has 0 aromatic heterocycles. The highest BCUT2D eigenvalue weighted by atomic mass is 16.5. The number of rotatable bonds is 8. The number of nitrogens with one attached hydrogen (secondary N) is 1. The highest BCUT2D eigenvalue weighted by molar-refractivity contribution is 5.75. The van der Waals surface area contributed by atoms with Gasteiger partial charge in [-0.25, -0.2) is 4.79 Å². The Hall–Kier alpha value is -2.69. The molecule has 1 atom stereocenters. The van der Waals surface area contributed by atoms with Crippen LogP contribution in [0.4, 0.5) is 4.79 Å². The van der Waals surface area contributed by atoms with Crippen molar-refractivity contribution in [2.75, 3.05) is 20.8 Å². The number of methoxy groups -OCH3 is 2. The van der Waals surface area contributed by atoms with Gasteiger partial charge in [-0.3, -0.25) is 0 Å². The first-order chi connectivity index (χ1) is 12.6. The second-order valence-electron chi connectivity index (χ2n) is 6.19. The number of hydrogen-bond acceptors (Lipinski definition) is 3. The van der Waals surface area contributed by atoms with E-state index in [9.17, 15) is 4.79 Å². The number of carbonyl (C=O) groups is 1. The van der Waals surface area contributed by atoms with Crippen molar-refractivity contribution in [3.05, 3.63) is 59.7 Å². The van der Waals surface area contributed by atoms with Crippen LogP contribution in [0.15, 0.2) is 48.5 Å². The van der Waals surface area contributed by atoms with E-state index in [-0.39, 0.29) is 12.1 Å². The average molecular weight is 356 g/mol. The van der Waals surface area contributed by atoms with Crippen molar-refractivity contribution >= 4 is 6.03 Å². The van der Waals surface area contributed by atoms with Gasteiger partial charge in [0.2, 0.25) is 0 Å². The minimum absolute atomic E-state index is 0.0897. The molecule has 0 fully saturated rings. The minimum atomic E-state index is -0.206. The molecule has 26 heavy (non-hydrogen) atoms. The summed E-state index contributed by atoms with van der Waals surface area (Å²) in [7, 11) is 3.25. The smallest absolute Gasteiger partial charge is 0.318 e. The van der Waals surface area contributed by atoms with E-state index in [0.29, 0.717) is 13.1 Å². The lowest BCUT2D eigenvalue weighted by Gasteiger charge is -2.26. The van der Waals surface area contributed by atoms with Crippen molar-refractivity contribution in [2.24, 2.45) is 0 Å². The molecule has 1 N–H and O–H groups in total. The first-order valence-corrected chi connectivity index (χ1v) is 8.90. The van der Waals surface area contributed by atoms with E-state index in [1.165, 1.54) is 0 Å². The summed E-state index contributed by atoms with van der Waals surface area (Å²) in [6.45, 7) is 5.30. The molecule has 0 radical (unpaired) electrons. The van der Waals surface area contributed by atoms with Crippen molar-refractivity contribution in [3.8, 4) is 11.5 Å². The van der Waals surface area contributed by atoms with Crippen LogP contribution in [-0.2, 0) is 6.54 Å². The fourth-order valence-corrected chi connectivity index (χ4v) is 2.86. The number of ether oxygens (including phenoxy) is 2. The lowest BCUT2D eigenvalue weighted by molar-refractivity contribution is 0.191. The molecular weight excluding hydrogens is 328 g/mol. The molecule has 5 heteroatoms. The highest BCUT2D eigenvalue weighted by Crippen LogP contribution is 2.29. The SMILES string of the molecule is CCCN(Cc1ccccc1)C(=O)NC(C)c1cc(OC)ccc1OC. The van der Waals surface area contributed by atoms with E-state index in [0.717, 1.165) is 29.0 Å². The average Bonchev–Trinajstić information content (AvgIpc) is 2.67. The molecule has 0 heterocycles. The Bertz CT molecular complexity index is 704. The third kappa shape index (κ3) is 5.15. The molecule has 140 valence electrons. The Labute approximate surface area is 155 Å². The van der Waals surface area contributed by atoms with Gasteiger partial charge < -0.3 is 19.7 Å². The lowest BCUT2D eigenvalue weighted by atomic mass is 10.1. The van der Waals surface area contributed by atoms with Crippen LogP contribution in [-0.4, -0.2) is 31.7 Å². The quantitative estimate of drug-likeness (QED) is 0.763. The summed E-state index contributed by atoms with van der Waals surface area (Å²) in [5.74, 6) is 1.46. The van der Waals surface area contributed by atoms with Crippen LogP contribution in [0.2, 0.25) is 0 Å². The maximum atomic E-state index is 12.8. The second kappa shape index (κ2) is 9.70. The van der Waals surface area contributed by atoms with Crippen LogP contribution in [0, 0.1) is 0 Å². The van der Waals surface area contributed by atoms with Crippen molar-refractivity contribution in [1.29, 1.82) is 0 Å². The van der Waals surface area contributed by atoms with Crippen LogP contribution < -0.4 is 14.8 Å². The molecule has 0 aliphatic heterocycles. The Morgan fingerprint density at radius 3 is 2.46 bits per heavy atom. The number of hydrogen-bond donors (Lipinski definition) is 1. The summed E-state index contributed by atoms with van der Waals surface area (Å²) in [6.07, 6.45) is 0.900. The topological polar surface area (TPSA) is 50.8 Å². The molecule has 5 nitrogen and oxygen atoms in total. The van der Waals surface area contributed by atoms with Crippen molar-refractivity contribution in [3.63, 3.8) is 0 Å². The standard InChI is InChI=1S/C21H28N2O3/c1-5-13-23(15-17-9-7-6-8-10-17)21(24)22-16(2)19-14-18(25-3)11-12-20(19)26-4/h6-12,14,16H,5,13,15H2,1-4H3,(H,22,24). The Kier molecular flexibility index (Phi) is 7.33. The van der Waals surface area contributed by atoms with Gasteiger partial charge in [-0.15, -0.1) is 0 Å². The van der Waals surface area contributed by atoms with Crippen molar-refractivity contribution < 1.29 is 14.3 Å². The van der Waals surface area contributed by atoms with Crippen LogP contribution in [0.3, 0.4) is 0 Å². The van der Waals surface area contributed by atoms with E-state index in [4.69, 9.17) is 9.47 Å². The van der Waals surface area contributed by atoms with Gasteiger partial charge in [0, 0.05) is 18.7 Å². The van der Waals surface area contributed by atoms with Crippen LogP contribution in [0.25, 0.3) is 0 Å². The molecule has 0 aliphatic rings. The molecule has 2 aromatic rings. The zero-order valence-electron chi connectivity index (χ0n) is 16.0.